The van der Waals surface area contributed by atoms with Gasteiger partial charge in [0.05, 0.1) is 0 Å². The van der Waals surface area contributed by atoms with Gasteiger partial charge < -0.3 is 274 Å². The SMILES string of the molecule is O.O.O.O.O.O.O.O.O.O.O.O.O.O.O.O.O.O.O.O.O.O.O.O.O.O.O.O.O.O.O.O.O.O.O.O.O.O.O.O.O.O.O.O.O.O.O.O.O.O.[Ti].[Ti].[Ti].[Ti].[Ti].[Ti].[Ti].[Ti].[Ti].[Ti]. The molecule has 0 spiro atoms. The zero-order valence-electron chi connectivity index (χ0n) is 30.0. The monoisotopic (exact) mass is 1380 g/mol. The molecule has 0 aliphatic heterocycles. The van der Waals surface area contributed by atoms with Crippen LogP contribution in [0.2, 0.25) is 0 Å². The fourth-order valence-corrected chi connectivity index (χ4v) is 0. The van der Waals surface area contributed by atoms with Crippen molar-refractivity contribution in [1.82, 2.24) is 0 Å². The fraction of sp³-hybridized carbons (Fsp3) is 0. The van der Waals surface area contributed by atoms with Gasteiger partial charge in [-0.1, -0.05) is 0 Å². The van der Waals surface area contributed by atoms with E-state index in [1.165, 1.54) is 0 Å². The molecule has 0 saturated heterocycles. The maximum Gasteiger partial charge on any atom is 0 e. The van der Waals surface area contributed by atoms with E-state index < -0.39 is 0 Å². The summed E-state index contributed by atoms with van der Waals surface area (Å²) in [5.41, 5.74) is 0. The molecule has 0 fully saturated rings. The van der Waals surface area contributed by atoms with Gasteiger partial charge in [-0.15, -0.1) is 0 Å². The summed E-state index contributed by atoms with van der Waals surface area (Å²) >= 11 is 0. The maximum atomic E-state index is 0. The van der Waals surface area contributed by atoms with Gasteiger partial charge in [0.15, 0.2) is 0 Å². The first-order valence-electron chi connectivity index (χ1n) is 0. The molecule has 0 rings (SSSR count). The summed E-state index contributed by atoms with van der Waals surface area (Å²) in [7, 11) is 0. The first-order chi connectivity index (χ1) is 0. The molecule has 0 bridgehead atoms. The van der Waals surface area contributed by atoms with Crippen molar-refractivity contribution in [3.05, 3.63) is 0 Å². The Hall–Kier alpha value is 5.14. The molecule has 60 heteroatoms. The van der Waals surface area contributed by atoms with Gasteiger partial charge in [0, 0.05) is 217 Å². The van der Waals surface area contributed by atoms with E-state index in [0.717, 1.165) is 0 Å². The number of hydrogen-bond acceptors (Lipinski definition) is 0. The molecule has 0 aromatic heterocycles. The van der Waals surface area contributed by atoms with Crippen molar-refractivity contribution in [2.45, 2.75) is 0 Å². The summed E-state index contributed by atoms with van der Waals surface area (Å²) in [5.74, 6) is 0. The van der Waals surface area contributed by atoms with Crippen molar-refractivity contribution >= 4 is 0 Å². The van der Waals surface area contributed by atoms with Crippen LogP contribution in [0.5, 0.6) is 0 Å². The summed E-state index contributed by atoms with van der Waals surface area (Å²) in [6.45, 7) is 0. The van der Waals surface area contributed by atoms with Crippen molar-refractivity contribution in [3.8, 4) is 0 Å². The molecule has 0 heterocycles. The first-order valence-corrected chi connectivity index (χ1v) is 0. The third-order valence-corrected chi connectivity index (χ3v) is 0. The Bertz CT molecular complexity index is 39.0. The van der Waals surface area contributed by atoms with Gasteiger partial charge in [-0.05, 0) is 0 Å². The average molecular weight is 1380 g/mol. The first kappa shape index (κ1) is 10100. The summed E-state index contributed by atoms with van der Waals surface area (Å²) in [5, 5.41) is 0. The van der Waals surface area contributed by atoms with Crippen molar-refractivity contribution < 1.29 is 491 Å². The second-order valence-electron chi connectivity index (χ2n) is 0. The molecule has 0 atom stereocenters. The molecule has 0 aliphatic carbocycles. The van der Waals surface area contributed by atoms with E-state index in [1.54, 1.807) is 0 Å². The van der Waals surface area contributed by atoms with Crippen molar-refractivity contribution in [3.63, 3.8) is 0 Å². The quantitative estimate of drug-likeness (QED) is 0.204. The molecular weight excluding hydrogens is 1280 g/mol. The third kappa shape index (κ3) is 9220. The Morgan fingerprint density at radius 3 is 0.0333 bits per heavy atom. The molecular formula is H100O50Ti10. The minimum absolute atomic E-state index is 0. The summed E-state index contributed by atoms with van der Waals surface area (Å²) in [6.07, 6.45) is 0. The normalized spacial score (nSPS) is 0. The van der Waals surface area contributed by atoms with Gasteiger partial charge >= 0.3 is 0 Å². The van der Waals surface area contributed by atoms with Crippen LogP contribution in [0.25, 0.3) is 0 Å². The van der Waals surface area contributed by atoms with E-state index in [-0.39, 0.29) is 491 Å². The summed E-state index contributed by atoms with van der Waals surface area (Å²) < 4.78 is 0. The second kappa shape index (κ2) is 9670. The number of rotatable bonds is 0. The van der Waals surface area contributed by atoms with Gasteiger partial charge in [-0.25, -0.2) is 0 Å². The molecule has 0 radical (unpaired) electrons. The standard InChI is InChI=1S/50H2O.10Ti/h50*1H2;;;;;;;;;;. The topological polar surface area (TPSA) is 1580 Å². The van der Waals surface area contributed by atoms with E-state index in [0.29, 0.717) is 0 Å². The van der Waals surface area contributed by atoms with E-state index in [9.17, 15) is 0 Å². The average Bonchev–Trinajstić information content (AvgIpc) is 0. The Morgan fingerprint density at radius 2 is 0.0333 bits per heavy atom. The second-order valence-corrected chi connectivity index (χ2v) is 0. The molecule has 440 valence electrons. The van der Waals surface area contributed by atoms with E-state index in [4.69, 9.17) is 0 Å². The smallest absolute Gasteiger partial charge is 0 e. The Morgan fingerprint density at radius 1 is 0.0333 bits per heavy atom. The van der Waals surface area contributed by atoms with Crippen molar-refractivity contribution in [2.75, 3.05) is 0 Å². The van der Waals surface area contributed by atoms with Crippen LogP contribution >= 0.6 is 0 Å². The zero-order valence-corrected chi connectivity index (χ0v) is 45.6. The van der Waals surface area contributed by atoms with Crippen LogP contribution in [-0.2, 0) is 217 Å². The van der Waals surface area contributed by atoms with Gasteiger partial charge in [0.1, 0.15) is 0 Å². The fourth-order valence-electron chi connectivity index (χ4n) is 0. The van der Waals surface area contributed by atoms with Gasteiger partial charge in [0.2, 0.25) is 0 Å². The molecule has 60 heavy (non-hydrogen) atoms. The van der Waals surface area contributed by atoms with Crippen LogP contribution in [0.3, 0.4) is 0 Å². The van der Waals surface area contributed by atoms with Gasteiger partial charge in [0.25, 0.3) is 0 Å². The largest absolute Gasteiger partial charge is 0.412 e. The zero-order chi connectivity index (χ0) is 0. The van der Waals surface area contributed by atoms with Crippen LogP contribution in [-0.4, -0.2) is 274 Å². The molecule has 0 aromatic carbocycles. The number of hydrogen-bond donors (Lipinski definition) is 0. The summed E-state index contributed by atoms with van der Waals surface area (Å²) in [4.78, 5) is 0. The molecule has 0 aliphatic rings. The summed E-state index contributed by atoms with van der Waals surface area (Å²) in [6, 6.07) is 0. The Labute approximate surface area is 485 Å². The van der Waals surface area contributed by atoms with E-state index in [2.05, 4.69) is 0 Å². The molecule has 0 aromatic rings. The molecule has 0 unspecified atom stereocenters. The predicted molar refractivity (Wildman–Crippen MR) is 181 cm³/mol. The molecule has 50 nitrogen and oxygen atoms in total. The van der Waals surface area contributed by atoms with E-state index >= 15 is 0 Å². The minimum Gasteiger partial charge on any atom is -0.412 e. The van der Waals surface area contributed by atoms with E-state index in [1.807, 2.05) is 0 Å². The Kier molecular flexibility index (Phi) is 1630000. The molecule has 0 amide bonds. The Balaban J connectivity index is 0. The van der Waals surface area contributed by atoms with Crippen LogP contribution < -0.4 is 0 Å². The van der Waals surface area contributed by atoms with Crippen molar-refractivity contribution in [2.24, 2.45) is 0 Å². The maximum absolute atomic E-state index is 0. The van der Waals surface area contributed by atoms with Gasteiger partial charge in [-0.2, -0.15) is 0 Å². The molecule has 0 saturated carbocycles. The van der Waals surface area contributed by atoms with Crippen LogP contribution in [0.1, 0.15) is 0 Å². The van der Waals surface area contributed by atoms with Crippen molar-refractivity contribution in [1.29, 1.82) is 0 Å². The van der Waals surface area contributed by atoms with Crippen LogP contribution in [0.4, 0.5) is 0 Å². The minimum atomic E-state index is 0. The third-order valence-electron chi connectivity index (χ3n) is 0. The van der Waals surface area contributed by atoms with Crippen LogP contribution in [0, 0.1) is 0 Å². The molecule has 100 N–H and O–H groups in total. The van der Waals surface area contributed by atoms with Gasteiger partial charge in [-0.3, -0.25) is 0 Å². The van der Waals surface area contributed by atoms with Crippen LogP contribution in [0.15, 0.2) is 0 Å². The predicted octanol–water partition coefficient (Wildman–Crippen LogP) is -41.3.